The molecule has 32 heavy (non-hydrogen) atoms. The molecule has 2 rings (SSSR count). The van der Waals surface area contributed by atoms with Crippen molar-refractivity contribution in [1.82, 2.24) is 9.13 Å². The van der Waals surface area contributed by atoms with E-state index in [1.807, 2.05) is 0 Å². The van der Waals surface area contributed by atoms with Gasteiger partial charge < -0.3 is 9.11 Å². The van der Waals surface area contributed by atoms with Crippen LogP contribution in [0, 0.1) is 0 Å². The Morgan fingerprint density at radius 2 is 0.969 bits per heavy atom. The van der Waals surface area contributed by atoms with E-state index in [1.165, 1.54) is 9.45 Å². The van der Waals surface area contributed by atoms with Crippen molar-refractivity contribution in [3.05, 3.63) is 24.8 Å². The Kier molecular flexibility index (Phi) is 10.9. The summed E-state index contributed by atoms with van der Waals surface area (Å²) in [6, 6.07) is 0. The smallest absolute Gasteiger partial charge is 0.485 e. The predicted molar refractivity (Wildman–Crippen MR) is 95.5 cm³/mol. The Hall–Kier alpha value is -1.14. The molecule has 0 atom stereocenters. The van der Waals surface area contributed by atoms with Crippen molar-refractivity contribution in [2.45, 2.75) is 11.0 Å². The molecule has 2 heterocycles. The topological polar surface area (TPSA) is 132 Å². The summed E-state index contributed by atoms with van der Waals surface area (Å²) in [4.78, 5) is 0. The molecule has 0 spiro atoms. The van der Waals surface area contributed by atoms with Gasteiger partial charge in [0, 0.05) is 0 Å². The molecule has 0 fully saturated rings. The number of halogens is 6. The van der Waals surface area contributed by atoms with Crippen molar-refractivity contribution < 1.29 is 61.4 Å². The van der Waals surface area contributed by atoms with Crippen LogP contribution in [0.1, 0.15) is 0 Å². The number of aryl methyl sites for hydroxylation is 4. The first-order valence-corrected chi connectivity index (χ1v) is 16.4. The zero-order chi connectivity index (χ0) is 25.7. The fourth-order valence-electron chi connectivity index (χ4n) is 1.46. The molecule has 20 heteroatoms. The van der Waals surface area contributed by atoms with E-state index in [-0.39, 0.29) is 0 Å². The van der Waals surface area contributed by atoms with Crippen LogP contribution in [0.4, 0.5) is 26.3 Å². The quantitative estimate of drug-likeness (QED) is 0.118. The van der Waals surface area contributed by atoms with Crippen LogP contribution < -0.4 is 18.6 Å². The molecule has 0 radical (unpaired) electrons. The van der Waals surface area contributed by atoms with E-state index >= 15 is 0 Å². The first kappa shape index (κ1) is 30.9. The van der Waals surface area contributed by atoms with Crippen molar-refractivity contribution >= 4 is 55.9 Å². The van der Waals surface area contributed by atoms with Gasteiger partial charge >= 0.3 is 118 Å². The number of aromatic nitrogens is 4. The third-order valence-corrected chi connectivity index (χ3v) is 11.5. The average molecular weight is 648 g/mol. The van der Waals surface area contributed by atoms with Gasteiger partial charge in [0.05, 0.1) is 0 Å². The Bertz CT molecular complexity index is 985. The molecule has 0 bridgehead atoms. The van der Waals surface area contributed by atoms with Crippen LogP contribution in [-0.4, -0.2) is 72.4 Å². The number of nitrogens with zero attached hydrogens (tertiary/aromatic N) is 4. The molecule has 10 nitrogen and oxygen atoms in total. The van der Waals surface area contributed by atoms with Gasteiger partial charge in [-0.1, -0.05) is 0 Å². The van der Waals surface area contributed by atoms with Crippen LogP contribution >= 0.6 is 0 Å². The minimum atomic E-state index is -6.09. The van der Waals surface area contributed by atoms with Gasteiger partial charge in [0.15, 0.2) is 20.2 Å². The summed E-state index contributed by atoms with van der Waals surface area (Å²) in [7, 11) is -3.69. The Balaban J connectivity index is 0.000000510. The maximum atomic E-state index is 10.7. The van der Waals surface area contributed by atoms with Crippen molar-refractivity contribution in [3.8, 4) is 0 Å². The molecule has 0 saturated heterocycles. The predicted octanol–water partition coefficient (Wildman–Crippen LogP) is -2.61. The first-order chi connectivity index (χ1) is 14.1. The number of alkyl halides is 6. The van der Waals surface area contributed by atoms with Gasteiger partial charge in [-0.3, -0.25) is 0 Å². The summed E-state index contributed by atoms with van der Waals surface area (Å²) in [6.45, 7) is 0. The van der Waals surface area contributed by atoms with E-state index in [2.05, 4.69) is 71.2 Å². The number of imidazole rings is 2. The Labute approximate surface area is 190 Å². The van der Waals surface area contributed by atoms with Crippen LogP contribution in [0.15, 0.2) is 24.8 Å². The minimum absolute atomic E-state index is 0.532. The van der Waals surface area contributed by atoms with E-state index in [0.29, 0.717) is 26.3 Å². The van der Waals surface area contributed by atoms with Crippen LogP contribution in [0.5, 0.6) is 0 Å². The van der Waals surface area contributed by atoms with Gasteiger partial charge in [0.25, 0.3) is 0 Å². The second-order valence-corrected chi connectivity index (χ2v) is 14.2. The SMILES string of the molecule is Cn1cc[n+](C)c1[Se][Se]c1n(C)cc[n+]1C.O=S(=O)([O-])C(F)(F)F.O=S(=O)([O-])C(F)(F)F. The second-order valence-electron chi connectivity index (χ2n) is 5.57. The maximum absolute atomic E-state index is 10.7. The van der Waals surface area contributed by atoms with E-state index in [4.69, 9.17) is 25.9 Å². The van der Waals surface area contributed by atoms with Crippen molar-refractivity contribution in [2.75, 3.05) is 0 Å². The van der Waals surface area contributed by atoms with E-state index < -0.39 is 31.3 Å². The molecule has 0 amide bonds. The van der Waals surface area contributed by atoms with Crippen molar-refractivity contribution in [3.63, 3.8) is 0 Å². The summed E-state index contributed by atoms with van der Waals surface area (Å²) in [5, 5.41) is 0. The van der Waals surface area contributed by atoms with E-state index in [0.717, 1.165) is 0 Å². The summed E-state index contributed by atoms with van der Waals surface area (Å²) >= 11 is 1.06. The van der Waals surface area contributed by atoms with Crippen LogP contribution in [0.25, 0.3) is 0 Å². The standard InChI is InChI=1S/C10H16N4Se2.2CHF3O3S/c1-11-5-6-12(2)9(11)15-16-10-13(3)7-8-14(10)4;2*2-1(3,4)8(5,6)7/h5-8H,1-4H3;2*(H,5,6,7)/q+2;;/p-2. The summed E-state index contributed by atoms with van der Waals surface area (Å²) < 4.78 is 130. The average Bonchev–Trinajstić information content (AvgIpc) is 3.05. The molecule has 2 aromatic heterocycles. The molecule has 0 aliphatic heterocycles. The maximum Gasteiger partial charge on any atom is 0.485 e. The fourth-order valence-corrected chi connectivity index (χ4v) is 10.0. The van der Waals surface area contributed by atoms with Crippen LogP contribution in [-0.2, 0) is 48.4 Å². The molecule has 0 aromatic carbocycles. The van der Waals surface area contributed by atoms with Crippen molar-refractivity contribution in [2.24, 2.45) is 28.2 Å². The third kappa shape index (κ3) is 9.78. The van der Waals surface area contributed by atoms with Crippen LogP contribution in [0.3, 0.4) is 0 Å². The van der Waals surface area contributed by atoms with Gasteiger partial charge in [-0.25, -0.2) is 16.8 Å². The van der Waals surface area contributed by atoms with Gasteiger partial charge in [-0.15, -0.1) is 0 Å². The fraction of sp³-hybridized carbons (Fsp3) is 0.500. The molecule has 0 aliphatic rings. The monoisotopic (exact) mass is 650 g/mol. The number of hydrogen-bond acceptors (Lipinski definition) is 6. The molecule has 0 N–H and O–H groups in total. The molecule has 0 saturated carbocycles. The zero-order valence-electron chi connectivity index (χ0n) is 16.4. The molecule has 186 valence electrons. The normalized spacial score (nSPS) is 12.5. The first-order valence-electron chi connectivity index (χ1n) is 7.50. The Morgan fingerprint density at radius 1 is 0.750 bits per heavy atom. The van der Waals surface area contributed by atoms with Gasteiger partial charge in [-0.2, -0.15) is 26.3 Å². The second kappa shape index (κ2) is 11.3. The summed E-state index contributed by atoms with van der Waals surface area (Å²) in [5.41, 5.74) is -11.3. The third-order valence-electron chi connectivity index (χ3n) is 2.99. The molecular formula is C12H16F6N4O6S2Se2. The van der Waals surface area contributed by atoms with Gasteiger partial charge in [0.1, 0.15) is 0 Å². The van der Waals surface area contributed by atoms with E-state index in [9.17, 15) is 26.3 Å². The number of hydrogen-bond donors (Lipinski definition) is 0. The number of rotatable bonds is 3. The van der Waals surface area contributed by atoms with Crippen LogP contribution in [0.2, 0.25) is 0 Å². The van der Waals surface area contributed by atoms with E-state index in [1.54, 1.807) is 0 Å². The molecule has 0 aliphatic carbocycles. The van der Waals surface area contributed by atoms with Crippen molar-refractivity contribution in [1.29, 1.82) is 0 Å². The minimum Gasteiger partial charge on any atom is -0.741 e. The zero-order valence-corrected chi connectivity index (χ0v) is 21.5. The summed E-state index contributed by atoms with van der Waals surface area (Å²) in [5.74, 6) is 0. The largest absolute Gasteiger partial charge is 0.741 e. The summed E-state index contributed by atoms with van der Waals surface area (Å²) in [6.07, 6.45) is 8.49. The molecular weight excluding hydrogens is 632 g/mol. The Morgan fingerprint density at radius 3 is 1.09 bits per heavy atom. The van der Waals surface area contributed by atoms with Gasteiger partial charge in [-0.05, 0) is 0 Å². The molecule has 0 unspecified atom stereocenters. The van der Waals surface area contributed by atoms with Gasteiger partial charge in [0.2, 0.25) is 0 Å². The molecule has 2 aromatic rings.